The number of piperazine rings is 1. The molecule has 0 spiro atoms. The van der Waals surface area contributed by atoms with Crippen molar-refractivity contribution in [3.05, 3.63) is 35.4 Å². The van der Waals surface area contributed by atoms with Gasteiger partial charge in [-0.25, -0.2) is 0 Å². The van der Waals surface area contributed by atoms with E-state index < -0.39 is 0 Å². The molecule has 0 radical (unpaired) electrons. The lowest BCUT2D eigenvalue weighted by molar-refractivity contribution is 0.0553. The van der Waals surface area contributed by atoms with Gasteiger partial charge < -0.3 is 14.7 Å². The number of carbonyl (C=O) groups excluding carboxylic acids is 1. The number of carbonyl (C=O) groups is 1. The van der Waals surface area contributed by atoms with Gasteiger partial charge in [-0.05, 0) is 38.5 Å². The maximum atomic E-state index is 12.5. The predicted octanol–water partition coefficient (Wildman–Crippen LogP) is 1.75. The Morgan fingerprint density at radius 3 is 2.26 bits per heavy atom. The van der Waals surface area contributed by atoms with Crippen molar-refractivity contribution in [2.75, 3.05) is 32.7 Å². The van der Waals surface area contributed by atoms with Gasteiger partial charge in [0.2, 0.25) is 0 Å². The van der Waals surface area contributed by atoms with Gasteiger partial charge in [0.1, 0.15) is 0 Å². The van der Waals surface area contributed by atoms with Crippen LogP contribution in [0.25, 0.3) is 0 Å². The monoisotopic (exact) mass is 320 g/mol. The SMILES string of the molecule is CC(C)OCc1ccc(C(=O)N2CCN(C[C@H](C)O)CC2)cc1. The van der Waals surface area contributed by atoms with Gasteiger partial charge in [0.05, 0.1) is 18.8 Å². The third-order valence-corrected chi connectivity index (χ3v) is 3.97. The van der Waals surface area contributed by atoms with E-state index in [4.69, 9.17) is 4.74 Å². The van der Waals surface area contributed by atoms with Crippen molar-refractivity contribution < 1.29 is 14.6 Å². The highest BCUT2D eigenvalue weighted by atomic mass is 16.5. The van der Waals surface area contributed by atoms with Gasteiger partial charge in [0, 0.05) is 38.3 Å². The molecule has 1 atom stereocenters. The number of nitrogens with zero attached hydrogens (tertiary/aromatic N) is 2. The molecule has 0 saturated carbocycles. The Morgan fingerprint density at radius 2 is 1.74 bits per heavy atom. The van der Waals surface area contributed by atoms with Crippen LogP contribution in [0.3, 0.4) is 0 Å². The molecule has 23 heavy (non-hydrogen) atoms. The molecule has 1 aliphatic rings. The maximum absolute atomic E-state index is 12.5. The summed E-state index contributed by atoms with van der Waals surface area (Å²) in [5.74, 6) is 0.0815. The number of benzene rings is 1. The minimum absolute atomic E-state index is 0.0815. The zero-order valence-corrected chi connectivity index (χ0v) is 14.4. The largest absolute Gasteiger partial charge is 0.392 e. The zero-order valence-electron chi connectivity index (χ0n) is 14.4. The third-order valence-electron chi connectivity index (χ3n) is 3.97. The number of rotatable bonds is 6. The van der Waals surface area contributed by atoms with E-state index in [1.165, 1.54) is 0 Å². The van der Waals surface area contributed by atoms with Crippen LogP contribution in [0.5, 0.6) is 0 Å². The van der Waals surface area contributed by atoms with E-state index in [1.54, 1.807) is 6.92 Å². The normalized spacial score (nSPS) is 17.5. The molecule has 1 aromatic carbocycles. The molecule has 1 aromatic rings. The number of aliphatic hydroxyl groups excluding tert-OH is 1. The first-order valence-corrected chi connectivity index (χ1v) is 8.36. The molecule has 0 aliphatic carbocycles. The smallest absolute Gasteiger partial charge is 0.253 e. The van der Waals surface area contributed by atoms with E-state index in [-0.39, 0.29) is 18.1 Å². The first kappa shape index (κ1) is 17.9. The predicted molar refractivity (Wildman–Crippen MR) is 90.4 cm³/mol. The Bertz CT molecular complexity index is 491. The molecule has 1 heterocycles. The number of β-amino-alcohol motifs (C(OH)–C–C–N with tert-alkyl or cyclic N) is 1. The van der Waals surface area contributed by atoms with Crippen molar-refractivity contribution in [1.82, 2.24) is 9.80 Å². The number of amides is 1. The summed E-state index contributed by atoms with van der Waals surface area (Å²) in [5.41, 5.74) is 1.80. The van der Waals surface area contributed by atoms with E-state index >= 15 is 0 Å². The van der Waals surface area contributed by atoms with Gasteiger partial charge in [0.15, 0.2) is 0 Å². The van der Waals surface area contributed by atoms with Crippen LogP contribution < -0.4 is 0 Å². The van der Waals surface area contributed by atoms with Gasteiger partial charge in [-0.1, -0.05) is 12.1 Å². The number of hydrogen-bond acceptors (Lipinski definition) is 4. The highest BCUT2D eigenvalue weighted by Gasteiger charge is 2.22. The standard InChI is InChI=1S/C18H28N2O3/c1-14(2)23-13-16-4-6-17(7-5-16)18(22)20-10-8-19(9-11-20)12-15(3)21/h4-7,14-15,21H,8-13H2,1-3H3/t15-/m0/s1. The Kier molecular flexibility index (Phi) is 6.57. The highest BCUT2D eigenvalue weighted by molar-refractivity contribution is 5.94. The highest BCUT2D eigenvalue weighted by Crippen LogP contribution is 2.12. The molecular weight excluding hydrogens is 292 g/mol. The molecule has 5 nitrogen and oxygen atoms in total. The van der Waals surface area contributed by atoms with Crippen molar-refractivity contribution in [1.29, 1.82) is 0 Å². The summed E-state index contributed by atoms with van der Waals surface area (Å²) < 4.78 is 5.57. The zero-order chi connectivity index (χ0) is 16.8. The number of hydrogen-bond donors (Lipinski definition) is 1. The molecule has 1 aliphatic heterocycles. The van der Waals surface area contributed by atoms with E-state index in [0.29, 0.717) is 26.2 Å². The fraction of sp³-hybridized carbons (Fsp3) is 0.611. The van der Waals surface area contributed by atoms with Gasteiger partial charge in [0.25, 0.3) is 5.91 Å². The second-order valence-electron chi connectivity index (χ2n) is 6.50. The number of ether oxygens (including phenoxy) is 1. The van der Waals surface area contributed by atoms with Crippen LogP contribution in [-0.2, 0) is 11.3 Å². The Balaban J connectivity index is 1.86. The van der Waals surface area contributed by atoms with Gasteiger partial charge in [-0.3, -0.25) is 9.69 Å². The van der Waals surface area contributed by atoms with Crippen LogP contribution in [-0.4, -0.2) is 65.7 Å². The third kappa shape index (κ3) is 5.61. The summed E-state index contributed by atoms with van der Waals surface area (Å²) in [4.78, 5) is 16.6. The lowest BCUT2D eigenvalue weighted by Gasteiger charge is -2.35. The van der Waals surface area contributed by atoms with Gasteiger partial charge >= 0.3 is 0 Å². The Morgan fingerprint density at radius 1 is 1.13 bits per heavy atom. The van der Waals surface area contributed by atoms with Gasteiger partial charge in [-0.15, -0.1) is 0 Å². The van der Waals surface area contributed by atoms with Crippen molar-refractivity contribution in [3.63, 3.8) is 0 Å². The summed E-state index contributed by atoms with van der Waals surface area (Å²) in [6.45, 7) is 10.1. The molecule has 0 unspecified atom stereocenters. The molecule has 0 bridgehead atoms. The van der Waals surface area contributed by atoms with E-state index in [9.17, 15) is 9.90 Å². The summed E-state index contributed by atoms with van der Waals surface area (Å²) >= 11 is 0. The summed E-state index contributed by atoms with van der Waals surface area (Å²) in [6.07, 6.45) is -0.118. The molecule has 2 rings (SSSR count). The Labute approximate surface area is 138 Å². The average molecular weight is 320 g/mol. The summed E-state index contributed by atoms with van der Waals surface area (Å²) in [6, 6.07) is 7.67. The summed E-state index contributed by atoms with van der Waals surface area (Å²) in [7, 11) is 0. The molecule has 1 amide bonds. The minimum atomic E-state index is -0.321. The fourth-order valence-electron chi connectivity index (χ4n) is 2.70. The van der Waals surface area contributed by atoms with Crippen LogP contribution in [0.4, 0.5) is 0 Å². The van der Waals surface area contributed by atoms with Crippen LogP contribution in [0.15, 0.2) is 24.3 Å². The molecule has 5 heteroatoms. The van der Waals surface area contributed by atoms with E-state index in [1.807, 2.05) is 43.0 Å². The minimum Gasteiger partial charge on any atom is -0.392 e. The van der Waals surface area contributed by atoms with Crippen molar-refractivity contribution in [2.45, 2.75) is 39.6 Å². The topological polar surface area (TPSA) is 53.0 Å². The van der Waals surface area contributed by atoms with Crippen LogP contribution in [0.2, 0.25) is 0 Å². The molecule has 1 saturated heterocycles. The van der Waals surface area contributed by atoms with Crippen molar-refractivity contribution in [3.8, 4) is 0 Å². The molecule has 1 fully saturated rings. The maximum Gasteiger partial charge on any atom is 0.253 e. The Hall–Kier alpha value is -1.43. The molecule has 1 N–H and O–H groups in total. The van der Waals surface area contributed by atoms with E-state index in [2.05, 4.69) is 4.90 Å². The first-order valence-electron chi connectivity index (χ1n) is 8.36. The second kappa shape index (κ2) is 8.43. The van der Waals surface area contributed by atoms with Crippen molar-refractivity contribution in [2.24, 2.45) is 0 Å². The van der Waals surface area contributed by atoms with E-state index in [0.717, 1.165) is 24.2 Å². The van der Waals surface area contributed by atoms with Crippen molar-refractivity contribution >= 4 is 5.91 Å². The average Bonchev–Trinajstić information content (AvgIpc) is 2.53. The number of aliphatic hydroxyl groups is 1. The summed E-state index contributed by atoms with van der Waals surface area (Å²) in [5, 5.41) is 9.43. The molecule has 128 valence electrons. The quantitative estimate of drug-likeness (QED) is 0.868. The fourth-order valence-corrected chi connectivity index (χ4v) is 2.70. The molecular formula is C18H28N2O3. The molecule has 0 aromatic heterocycles. The van der Waals surface area contributed by atoms with Crippen LogP contribution in [0, 0.1) is 0 Å². The van der Waals surface area contributed by atoms with Crippen LogP contribution >= 0.6 is 0 Å². The first-order chi connectivity index (χ1) is 11.0. The second-order valence-corrected chi connectivity index (χ2v) is 6.50. The van der Waals surface area contributed by atoms with Crippen LogP contribution in [0.1, 0.15) is 36.7 Å². The lowest BCUT2D eigenvalue weighted by atomic mass is 10.1. The van der Waals surface area contributed by atoms with Gasteiger partial charge in [-0.2, -0.15) is 0 Å². The lowest BCUT2D eigenvalue weighted by Crippen LogP contribution is -2.50.